The van der Waals surface area contributed by atoms with E-state index in [4.69, 9.17) is 9.47 Å². The quantitative estimate of drug-likeness (QED) is 0.316. The zero-order valence-electron chi connectivity index (χ0n) is 18.4. The standard InChI is InChI=1S/C26H27NO6/c1-26(33-18-21-10-6-3-7-11-21,19-32-17-20-8-4-2-5-9-20)25(29)16-24(28)22-12-14-23(15-13-22)27(30)31/h2-15,24,28H,16-19H2,1H3/t24-,26-/m0/s1. The Kier molecular flexibility index (Phi) is 8.43. The molecule has 0 aromatic heterocycles. The van der Waals surface area contributed by atoms with Crippen molar-refractivity contribution >= 4 is 11.5 Å². The fourth-order valence-electron chi connectivity index (χ4n) is 3.28. The van der Waals surface area contributed by atoms with Gasteiger partial charge in [-0.1, -0.05) is 60.7 Å². The van der Waals surface area contributed by atoms with Crippen molar-refractivity contribution in [3.8, 4) is 0 Å². The Hall–Kier alpha value is -3.39. The van der Waals surface area contributed by atoms with E-state index in [-0.39, 0.29) is 31.1 Å². The highest BCUT2D eigenvalue weighted by atomic mass is 16.6. The Balaban J connectivity index is 1.68. The predicted octanol–water partition coefficient (Wildman–Crippen LogP) is 4.78. The average molecular weight is 450 g/mol. The molecule has 0 saturated carbocycles. The van der Waals surface area contributed by atoms with E-state index in [1.54, 1.807) is 6.92 Å². The summed E-state index contributed by atoms with van der Waals surface area (Å²) in [4.78, 5) is 23.5. The molecule has 3 aromatic carbocycles. The first-order valence-corrected chi connectivity index (χ1v) is 10.6. The molecule has 2 atom stereocenters. The third kappa shape index (κ3) is 7.05. The van der Waals surface area contributed by atoms with Gasteiger partial charge in [-0.2, -0.15) is 0 Å². The van der Waals surface area contributed by atoms with Crippen LogP contribution in [0.4, 0.5) is 5.69 Å². The Morgan fingerprint density at radius 3 is 2.03 bits per heavy atom. The number of nitro benzene ring substituents is 1. The number of ether oxygens (including phenoxy) is 2. The van der Waals surface area contributed by atoms with Crippen LogP contribution in [0.5, 0.6) is 0 Å². The Morgan fingerprint density at radius 1 is 0.939 bits per heavy atom. The number of carbonyl (C=O) groups is 1. The first-order valence-electron chi connectivity index (χ1n) is 10.6. The van der Waals surface area contributed by atoms with Crippen LogP contribution in [0.25, 0.3) is 0 Å². The van der Waals surface area contributed by atoms with Gasteiger partial charge in [-0.3, -0.25) is 14.9 Å². The van der Waals surface area contributed by atoms with Gasteiger partial charge >= 0.3 is 0 Å². The van der Waals surface area contributed by atoms with E-state index in [1.165, 1.54) is 24.3 Å². The summed E-state index contributed by atoms with van der Waals surface area (Å²) in [5.74, 6) is -0.322. The van der Waals surface area contributed by atoms with Crippen LogP contribution in [0.1, 0.15) is 36.1 Å². The fraction of sp³-hybridized carbons (Fsp3) is 0.269. The Bertz CT molecular complexity index is 1040. The Morgan fingerprint density at radius 2 is 1.48 bits per heavy atom. The molecule has 7 nitrogen and oxygen atoms in total. The molecule has 0 heterocycles. The number of non-ortho nitro benzene ring substituents is 1. The van der Waals surface area contributed by atoms with Crippen molar-refractivity contribution in [1.29, 1.82) is 0 Å². The molecular formula is C26H27NO6. The molecule has 0 saturated heterocycles. The number of nitrogens with zero attached hydrogens (tertiary/aromatic N) is 1. The number of carbonyl (C=O) groups excluding carboxylic acids is 1. The second kappa shape index (κ2) is 11.5. The molecule has 0 radical (unpaired) electrons. The maximum atomic E-state index is 13.2. The highest BCUT2D eigenvalue weighted by molar-refractivity contribution is 5.87. The molecule has 0 bridgehead atoms. The molecular weight excluding hydrogens is 422 g/mol. The number of nitro groups is 1. The van der Waals surface area contributed by atoms with E-state index < -0.39 is 16.6 Å². The predicted molar refractivity (Wildman–Crippen MR) is 123 cm³/mol. The van der Waals surface area contributed by atoms with Gasteiger partial charge in [0.2, 0.25) is 0 Å². The number of Topliss-reactive ketones (excluding diaryl/α,β-unsaturated/α-hetero) is 1. The molecule has 7 heteroatoms. The van der Waals surface area contributed by atoms with Gasteiger partial charge in [0, 0.05) is 18.6 Å². The molecule has 0 amide bonds. The lowest BCUT2D eigenvalue weighted by Crippen LogP contribution is -2.43. The minimum absolute atomic E-state index is 0.0144. The summed E-state index contributed by atoms with van der Waals surface area (Å²) in [7, 11) is 0. The van der Waals surface area contributed by atoms with Gasteiger partial charge in [-0.05, 0) is 35.7 Å². The number of aliphatic hydroxyl groups is 1. The average Bonchev–Trinajstić information content (AvgIpc) is 2.84. The lowest BCUT2D eigenvalue weighted by molar-refractivity contribution is -0.384. The summed E-state index contributed by atoms with van der Waals surface area (Å²) in [6, 6.07) is 24.6. The zero-order chi connectivity index (χ0) is 23.7. The maximum absolute atomic E-state index is 13.2. The first-order chi connectivity index (χ1) is 15.9. The van der Waals surface area contributed by atoms with Gasteiger partial charge in [-0.15, -0.1) is 0 Å². The smallest absolute Gasteiger partial charge is 0.269 e. The van der Waals surface area contributed by atoms with Crippen LogP contribution in [0.3, 0.4) is 0 Å². The van der Waals surface area contributed by atoms with Gasteiger partial charge in [0.25, 0.3) is 5.69 Å². The SMILES string of the molecule is C[C@@](COCc1ccccc1)(OCc1ccccc1)C(=O)C[C@H](O)c1ccc([N+](=O)[O-])cc1. The third-order valence-electron chi connectivity index (χ3n) is 5.35. The number of hydrogen-bond donors (Lipinski definition) is 1. The zero-order valence-corrected chi connectivity index (χ0v) is 18.4. The molecule has 0 fully saturated rings. The molecule has 3 rings (SSSR count). The largest absolute Gasteiger partial charge is 0.388 e. The number of aliphatic hydroxyl groups excluding tert-OH is 1. The molecule has 0 aliphatic heterocycles. The minimum atomic E-state index is -1.29. The van der Waals surface area contributed by atoms with Gasteiger partial charge in [0.05, 0.1) is 30.8 Å². The van der Waals surface area contributed by atoms with Crippen LogP contribution in [0.2, 0.25) is 0 Å². The number of rotatable bonds is 12. The Labute approximate surface area is 192 Å². The molecule has 0 aliphatic rings. The van der Waals surface area contributed by atoms with Gasteiger partial charge < -0.3 is 14.6 Å². The molecule has 3 aromatic rings. The molecule has 172 valence electrons. The van der Waals surface area contributed by atoms with Crippen LogP contribution < -0.4 is 0 Å². The summed E-state index contributed by atoms with van der Waals surface area (Å²) in [5, 5.41) is 21.4. The lowest BCUT2D eigenvalue weighted by atomic mass is 9.93. The summed E-state index contributed by atoms with van der Waals surface area (Å²) >= 11 is 0. The third-order valence-corrected chi connectivity index (χ3v) is 5.35. The number of ketones is 1. The molecule has 0 spiro atoms. The van der Waals surface area contributed by atoms with Crippen molar-refractivity contribution < 1.29 is 24.3 Å². The normalized spacial score (nSPS) is 13.8. The van der Waals surface area contributed by atoms with E-state index >= 15 is 0 Å². The van der Waals surface area contributed by atoms with Gasteiger partial charge in [0.15, 0.2) is 5.78 Å². The van der Waals surface area contributed by atoms with E-state index in [2.05, 4.69) is 0 Å². The second-order valence-electron chi connectivity index (χ2n) is 7.98. The monoisotopic (exact) mass is 449 g/mol. The molecule has 33 heavy (non-hydrogen) atoms. The van der Waals surface area contributed by atoms with Crippen molar-refractivity contribution in [2.24, 2.45) is 0 Å². The van der Waals surface area contributed by atoms with Crippen LogP contribution in [0, 0.1) is 10.1 Å². The van der Waals surface area contributed by atoms with Crippen molar-refractivity contribution in [1.82, 2.24) is 0 Å². The first kappa shape index (κ1) is 24.3. The van der Waals surface area contributed by atoms with Crippen LogP contribution in [-0.2, 0) is 27.5 Å². The van der Waals surface area contributed by atoms with E-state index in [1.807, 2.05) is 60.7 Å². The van der Waals surface area contributed by atoms with Crippen molar-refractivity contribution in [3.05, 3.63) is 112 Å². The summed E-state index contributed by atoms with van der Waals surface area (Å²) in [5.41, 5.74) is 0.941. The van der Waals surface area contributed by atoms with Crippen molar-refractivity contribution in [2.75, 3.05) is 6.61 Å². The van der Waals surface area contributed by atoms with Crippen LogP contribution in [0.15, 0.2) is 84.9 Å². The minimum Gasteiger partial charge on any atom is -0.388 e. The topological polar surface area (TPSA) is 98.9 Å². The van der Waals surface area contributed by atoms with E-state index in [0.29, 0.717) is 12.2 Å². The van der Waals surface area contributed by atoms with Gasteiger partial charge in [0.1, 0.15) is 5.60 Å². The lowest BCUT2D eigenvalue weighted by Gasteiger charge is -2.29. The fourth-order valence-corrected chi connectivity index (χ4v) is 3.28. The maximum Gasteiger partial charge on any atom is 0.269 e. The summed E-state index contributed by atoms with van der Waals surface area (Å²) < 4.78 is 11.8. The molecule has 0 unspecified atom stereocenters. The summed E-state index contributed by atoms with van der Waals surface area (Å²) in [6.07, 6.45) is -1.33. The highest BCUT2D eigenvalue weighted by Crippen LogP contribution is 2.26. The van der Waals surface area contributed by atoms with Crippen LogP contribution in [-0.4, -0.2) is 28.0 Å². The van der Waals surface area contributed by atoms with E-state index in [9.17, 15) is 20.0 Å². The highest BCUT2D eigenvalue weighted by Gasteiger charge is 2.36. The number of benzene rings is 3. The van der Waals surface area contributed by atoms with Crippen molar-refractivity contribution in [2.45, 2.75) is 38.3 Å². The molecule has 0 aliphatic carbocycles. The van der Waals surface area contributed by atoms with Gasteiger partial charge in [-0.25, -0.2) is 0 Å². The summed E-state index contributed by atoms with van der Waals surface area (Å²) in [6.45, 7) is 2.21. The van der Waals surface area contributed by atoms with Crippen molar-refractivity contribution in [3.63, 3.8) is 0 Å². The van der Waals surface area contributed by atoms with Crippen LogP contribution >= 0.6 is 0 Å². The number of hydrogen-bond acceptors (Lipinski definition) is 6. The van der Waals surface area contributed by atoms with E-state index in [0.717, 1.165) is 11.1 Å². The second-order valence-corrected chi connectivity index (χ2v) is 7.98. The molecule has 1 N–H and O–H groups in total.